The largest absolute Gasteiger partial charge is 0.465 e. The number of nitrogens with zero attached hydrogens (tertiary/aromatic N) is 2. The van der Waals surface area contributed by atoms with E-state index in [1.54, 1.807) is 36.4 Å². The second-order valence-corrected chi connectivity index (χ2v) is 7.75. The maximum absolute atomic E-state index is 12.6. The third-order valence-corrected chi connectivity index (χ3v) is 5.26. The molecule has 1 amide bonds. The van der Waals surface area contributed by atoms with Gasteiger partial charge in [-0.3, -0.25) is 4.79 Å². The number of hydrogen-bond acceptors (Lipinski definition) is 4. The minimum Gasteiger partial charge on any atom is -0.465 e. The van der Waals surface area contributed by atoms with E-state index in [0.717, 1.165) is 27.1 Å². The van der Waals surface area contributed by atoms with E-state index in [9.17, 15) is 14.9 Å². The summed E-state index contributed by atoms with van der Waals surface area (Å²) in [5, 5.41) is 12.3. The standard InChI is InChI=1S/C24H20BrN3O3/c1-15-11-18(12-19(14-26)23(29)27-21-6-4-5-20(25)13-21)16(2)28(15)22-9-7-17(8-10-22)24(30)31-3/h4-13H,1-3H3,(H,27,29)/b19-12-. The second-order valence-electron chi connectivity index (χ2n) is 6.83. The van der Waals surface area contributed by atoms with E-state index >= 15 is 0 Å². The molecule has 7 heteroatoms. The van der Waals surface area contributed by atoms with Crippen molar-refractivity contribution in [2.75, 3.05) is 12.4 Å². The van der Waals surface area contributed by atoms with Gasteiger partial charge in [-0.2, -0.15) is 5.26 Å². The van der Waals surface area contributed by atoms with E-state index in [0.29, 0.717) is 11.3 Å². The molecule has 0 saturated heterocycles. The molecule has 1 heterocycles. The van der Waals surface area contributed by atoms with Crippen molar-refractivity contribution in [3.05, 3.63) is 87.2 Å². The maximum atomic E-state index is 12.6. The molecule has 1 N–H and O–H groups in total. The average molecular weight is 478 g/mol. The highest BCUT2D eigenvalue weighted by Crippen LogP contribution is 2.24. The molecule has 0 aliphatic rings. The van der Waals surface area contributed by atoms with Crippen molar-refractivity contribution in [1.29, 1.82) is 5.26 Å². The lowest BCUT2D eigenvalue weighted by molar-refractivity contribution is -0.112. The molecule has 0 fully saturated rings. The third kappa shape index (κ3) is 4.93. The number of nitrogens with one attached hydrogen (secondary N) is 1. The first kappa shape index (κ1) is 22.1. The number of ether oxygens (including phenoxy) is 1. The van der Waals surface area contributed by atoms with Crippen LogP contribution in [-0.4, -0.2) is 23.6 Å². The lowest BCUT2D eigenvalue weighted by Gasteiger charge is -2.10. The topological polar surface area (TPSA) is 84.1 Å². The molecule has 1 aromatic heterocycles. The van der Waals surface area contributed by atoms with Gasteiger partial charge in [0.25, 0.3) is 5.91 Å². The molecule has 31 heavy (non-hydrogen) atoms. The zero-order valence-electron chi connectivity index (χ0n) is 17.3. The number of amides is 1. The number of carbonyl (C=O) groups is 2. The highest BCUT2D eigenvalue weighted by atomic mass is 79.9. The minimum absolute atomic E-state index is 0.00117. The highest BCUT2D eigenvalue weighted by molar-refractivity contribution is 9.10. The molecule has 3 rings (SSSR count). The number of esters is 1. The maximum Gasteiger partial charge on any atom is 0.337 e. The fourth-order valence-corrected chi connectivity index (χ4v) is 3.66. The first-order valence-corrected chi connectivity index (χ1v) is 10.2. The number of rotatable bonds is 5. The molecule has 0 saturated carbocycles. The Morgan fingerprint density at radius 2 is 1.84 bits per heavy atom. The van der Waals surface area contributed by atoms with Crippen molar-refractivity contribution >= 4 is 39.6 Å². The molecule has 0 atom stereocenters. The number of methoxy groups -OCH3 is 1. The number of aryl methyl sites for hydroxylation is 1. The molecule has 3 aromatic rings. The fourth-order valence-electron chi connectivity index (χ4n) is 3.26. The number of nitriles is 1. The summed E-state index contributed by atoms with van der Waals surface area (Å²) in [6, 6.07) is 18.1. The lowest BCUT2D eigenvalue weighted by Crippen LogP contribution is -2.13. The molecule has 0 radical (unpaired) electrons. The summed E-state index contributed by atoms with van der Waals surface area (Å²) in [7, 11) is 1.34. The SMILES string of the molecule is COC(=O)c1ccc(-n2c(C)cc(/C=C(/C#N)C(=O)Nc3cccc(Br)c3)c2C)cc1. The molecular weight excluding hydrogens is 458 g/mol. The minimum atomic E-state index is -0.479. The van der Waals surface area contributed by atoms with Gasteiger partial charge < -0.3 is 14.6 Å². The van der Waals surface area contributed by atoms with Gasteiger partial charge in [0.1, 0.15) is 11.6 Å². The third-order valence-electron chi connectivity index (χ3n) is 4.76. The van der Waals surface area contributed by atoms with Crippen LogP contribution >= 0.6 is 15.9 Å². The molecule has 0 bridgehead atoms. The number of carbonyl (C=O) groups excluding carboxylic acids is 2. The summed E-state index contributed by atoms with van der Waals surface area (Å²) in [5.41, 5.74) is 4.48. The second kappa shape index (κ2) is 9.45. The number of aromatic nitrogens is 1. The molecule has 2 aromatic carbocycles. The average Bonchev–Trinajstić information content (AvgIpc) is 3.04. The van der Waals surface area contributed by atoms with Gasteiger partial charge in [-0.1, -0.05) is 22.0 Å². The van der Waals surface area contributed by atoms with Gasteiger partial charge in [0.05, 0.1) is 12.7 Å². The summed E-state index contributed by atoms with van der Waals surface area (Å²) < 4.78 is 7.56. The van der Waals surface area contributed by atoms with Crippen LogP contribution in [0.2, 0.25) is 0 Å². The monoisotopic (exact) mass is 477 g/mol. The molecular formula is C24H20BrN3O3. The molecule has 0 aliphatic heterocycles. The van der Waals surface area contributed by atoms with E-state index in [1.807, 2.05) is 48.7 Å². The van der Waals surface area contributed by atoms with E-state index in [1.165, 1.54) is 7.11 Å². The van der Waals surface area contributed by atoms with Gasteiger partial charge in [0.15, 0.2) is 0 Å². The van der Waals surface area contributed by atoms with Gasteiger partial charge in [-0.15, -0.1) is 0 Å². The first-order valence-electron chi connectivity index (χ1n) is 9.40. The van der Waals surface area contributed by atoms with Crippen LogP contribution in [0.25, 0.3) is 11.8 Å². The predicted molar refractivity (Wildman–Crippen MR) is 123 cm³/mol. The Kier molecular flexibility index (Phi) is 6.73. The molecule has 6 nitrogen and oxygen atoms in total. The van der Waals surface area contributed by atoms with Gasteiger partial charge in [-0.25, -0.2) is 4.79 Å². The number of halogens is 1. The number of benzene rings is 2. The van der Waals surface area contributed by atoms with Gasteiger partial charge in [0, 0.05) is 27.2 Å². The lowest BCUT2D eigenvalue weighted by atomic mass is 10.1. The first-order chi connectivity index (χ1) is 14.8. The van der Waals surface area contributed by atoms with Gasteiger partial charge in [-0.05, 0) is 74.0 Å². The Balaban J connectivity index is 1.91. The van der Waals surface area contributed by atoms with E-state index in [4.69, 9.17) is 4.74 Å². The van der Waals surface area contributed by atoms with Crippen LogP contribution in [0, 0.1) is 25.2 Å². The smallest absolute Gasteiger partial charge is 0.337 e. The van der Waals surface area contributed by atoms with Crippen LogP contribution < -0.4 is 5.32 Å². The Labute approximate surface area is 188 Å². The predicted octanol–water partition coefficient (Wildman–Crippen LogP) is 5.19. The Bertz CT molecular complexity index is 1220. The van der Waals surface area contributed by atoms with Crippen LogP contribution in [0.1, 0.15) is 27.3 Å². The number of anilines is 1. The Morgan fingerprint density at radius 3 is 2.45 bits per heavy atom. The Hall–Kier alpha value is -3.63. The highest BCUT2D eigenvalue weighted by Gasteiger charge is 2.15. The normalized spacial score (nSPS) is 11.0. The van der Waals surface area contributed by atoms with Crippen molar-refractivity contribution in [3.63, 3.8) is 0 Å². The number of hydrogen-bond donors (Lipinski definition) is 1. The zero-order valence-corrected chi connectivity index (χ0v) is 18.9. The molecule has 156 valence electrons. The van der Waals surface area contributed by atoms with Crippen molar-refractivity contribution in [2.45, 2.75) is 13.8 Å². The van der Waals surface area contributed by atoms with Gasteiger partial charge >= 0.3 is 5.97 Å². The zero-order chi connectivity index (χ0) is 22.5. The quantitative estimate of drug-likeness (QED) is 0.311. The van der Waals surface area contributed by atoms with Crippen LogP contribution in [0.15, 0.2) is 64.6 Å². The van der Waals surface area contributed by atoms with E-state index < -0.39 is 11.9 Å². The van der Waals surface area contributed by atoms with Crippen molar-refractivity contribution in [3.8, 4) is 11.8 Å². The Morgan fingerprint density at radius 1 is 1.13 bits per heavy atom. The van der Waals surface area contributed by atoms with Crippen molar-refractivity contribution in [2.24, 2.45) is 0 Å². The summed E-state index contributed by atoms with van der Waals surface area (Å²) >= 11 is 3.36. The van der Waals surface area contributed by atoms with Crippen LogP contribution in [0.5, 0.6) is 0 Å². The summed E-state index contributed by atoms with van der Waals surface area (Å²) in [6.45, 7) is 3.85. The van der Waals surface area contributed by atoms with E-state index in [-0.39, 0.29) is 5.57 Å². The summed E-state index contributed by atoms with van der Waals surface area (Å²) in [5.74, 6) is -0.876. The molecule has 0 aliphatic carbocycles. The van der Waals surface area contributed by atoms with Crippen LogP contribution in [0.3, 0.4) is 0 Å². The molecule has 0 unspecified atom stereocenters. The van der Waals surface area contributed by atoms with E-state index in [2.05, 4.69) is 21.2 Å². The summed E-state index contributed by atoms with van der Waals surface area (Å²) in [4.78, 5) is 24.3. The van der Waals surface area contributed by atoms with Crippen LogP contribution in [0.4, 0.5) is 5.69 Å². The molecule has 0 spiro atoms. The summed E-state index contributed by atoms with van der Waals surface area (Å²) in [6.07, 6.45) is 1.58. The van der Waals surface area contributed by atoms with Crippen molar-refractivity contribution < 1.29 is 14.3 Å². The fraction of sp³-hybridized carbons (Fsp3) is 0.125. The van der Waals surface area contributed by atoms with Gasteiger partial charge in [0.2, 0.25) is 0 Å². The van der Waals surface area contributed by atoms with Crippen molar-refractivity contribution in [1.82, 2.24) is 4.57 Å². The van der Waals surface area contributed by atoms with Crippen LogP contribution in [-0.2, 0) is 9.53 Å².